The van der Waals surface area contributed by atoms with Gasteiger partial charge in [-0.2, -0.15) is 5.10 Å². The van der Waals surface area contributed by atoms with Gasteiger partial charge in [-0.15, -0.1) is 0 Å². The number of anilines is 1. The quantitative estimate of drug-likeness (QED) is 0.00535. The smallest absolute Gasteiger partial charge is 0.329 e. The molecule has 36 nitrogen and oxygen atoms in total. The van der Waals surface area contributed by atoms with E-state index in [1.54, 1.807) is 40.3 Å². The summed E-state index contributed by atoms with van der Waals surface area (Å²) >= 11 is 0. The number of nitrogens with one attached hydrogen (secondary N) is 1. The number of hydrogen-bond donors (Lipinski definition) is 4. The van der Waals surface area contributed by atoms with Gasteiger partial charge in [0, 0.05) is 107 Å². The normalized spacial score (nSPS) is 26.7. The fourth-order valence-electron chi connectivity index (χ4n) is 18.0. The molecule has 2 bridgehead atoms. The number of carbonyl (C=O) groups excluding carboxylic acids is 6. The molecule has 2 amide bonds. The number of aliphatic hydroxyl groups excluding tert-OH is 1. The van der Waals surface area contributed by atoms with E-state index in [4.69, 9.17) is 86.6 Å². The largest absolute Gasteiger partial charge is 0.461 e. The van der Waals surface area contributed by atoms with Crippen LogP contribution in [0.3, 0.4) is 0 Å². The molecular weight excluding hydrogens is 1730 g/mol. The number of nitrogens with two attached hydrogens (primary N) is 1. The number of nitrogen functional groups attached to an aromatic ring is 1. The predicted octanol–water partition coefficient (Wildman–Crippen LogP) is 11.1. The Kier molecular flexibility index (Phi) is 45.4. The van der Waals surface area contributed by atoms with Crippen LogP contribution in [0.5, 0.6) is 0 Å². The number of carbonyl (C=O) groups is 6. The third-order valence-corrected chi connectivity index (χ3v) is 25.8. The fourth-order valence-corrected chi connectivity index (χ4v) is 18.0. The number of allylic oxidation sites excluding steroid dienone is 5. The number of pyridine rings is 1. The molecule has 134 heavy (non-hydrogen) atoms. The van der Waals surface area contributed by atoms with Crippen LogP contribution in [0, 0.1) is 35.5 Å². The first-order chi connectivity index (χ1) is 64.9. The Morgan fingerprint density at radius 3 is 2.00 bits per heavy atom. The number of hydrogen-bond acceptors (Lipinski definition) is 30. The maximum absolute atomic E-state index is 14.9. The fraction of sp³-hybridized carbons (Fsp3) is 0.673. The second-order valence-corrected chi connectivity index (χ2v) is 35.7. The van der Waals surface area contributed by atoms with E-state index in [9.17, 15) is 44.5 Å². The molecule has 5 N–H and O–H groups in total. The van der Waals surface area contributed by atoms with E-state index < -0.39 is 102 Å². The van der Waals surface area contributed by atoms with Crippen LogP contribution in [0.15, 0.2) is 102 Å². The lowest BCUT2D eigenvalue weighted by Crippen LogP contribution is -2.61. The van der Waals surface area contributed by atoms with Gasteiger partial charge in [-0.3, -0.25) is 24.0 Å². The van der Waals surface area contributed by atoms with Crippen molar-refractivity contribution in [1.82, 2.24) is 39.5 Å². The van der Waals surface area contributed by atoms with Crippen molar-refractivity contribution in [2.24, 2.45) is 40.6 Å². The molecule has 1 saturated carbocycles. The third kappa shape index (κ3) is 32.7. The molecule has 5 aromatic rings. The molecule has 16 atom stereocenters. The van der Waals surface area contributed by atoms with Gasteiger partial charge in [0.2, 0.25) is 11.7 Å². The molecule has 0 radical (unpaired) electrons. The van der Waals surface area contributed by atoms with Crippen LogP contribution in [-0.2, 0) is 124 Å². The molecule has 10 rings (SSSR count). The number of aliphatic hydroxyl groups is 2. The maximum Gasteiger partial charge on any atom is 0.329 e. The number of piperidine rings is 1. The van der Waals surface area contributed by atoms with Crippen molar-refractivity contribution in [3.05, 3.63) is 124 Å². The highest BCUT2D eigenvalue weighted by molar-refractivity contribution is 6.39. The third-order valence-electron chi connectivity index (χ3n) is 25.8. The van der Waals surface area contributed by atoms with E-state index in [1.807, 2.05) is 92.9 Å². The van der Waals surface area contributed by atoms with Crippen LogP contribution >= 0.6 is 0 Å². The highest BCUT2D eigenvalue weighted by Crippen LogP contribution is 2.40. The highest BCUT2D eigenvalue weighted by Gasteiger charge is 2.53. The summed E-state index contributed by atoms with van der Waals surface area (Å²) in [5.41, 5.74) is 24.1. The lowest BCUT2D eigenvalue weighted by molar-refractivity contribution is -0.265. The second-order valence-electron chi connectivity index (χ2n) is 35.7. The maximum atomic E-state index is 14.9. The number of aromatic amines is 1. The Morgan fingerprint density at radius 1 is 0.701 bits per heavy atom. The van der Waals surface area contributed by atoms with Gasteiger partial charge in [0.05, 0.1) is 162 Å². The number of nitrogens with zero attached hydrogens (tertiary/aromatic N) is 10. The van der Waals surface area contributed by atoms with Gasteiger partial charge in [0.25, 0.3) is 11.7 Å². The van der Waals surface area contributed by atoms with Gasteiger partial charge in [-0.1, -0.05) is 94.4 Å². The number of amides is 2. The van der Waals surface area contributed by atoms with Gasteiger partial charge in [-0.05, 0) is 166 Å². The second kappa shape index (κ2) is 56.7. The summed E-state index contributed by atoms with van der Waals surface area (Å²) in [4.78, 5) is 107. The van der Waals surface area contributed by atoms with Crippen molar-refractivity contribution in [2.75, 3.05) is 172 Å². The van der Waals surface area contributed by atoms with Crippen LogP contribution in [0.1, 0.15) is 161 Å². The van der Waals surface area contributed by atoms with Crippen molar-refractivity contribution in [3.63, 3.8) is 0 Å². The van der Waals surface area contributed by atoms with Gasteiger partial charge < -0.3 is 107 Å². The van der Waals surface area contributed by atoms with Gasteiger partial charge >= 0.3 is 11.9 Å². The van der Waals surface area contributed by atoms with E-state index in [0.717, 1.165) is 39.7 Å². The van der Waals surface area contributed by atoms with Crippen molar-refractivity contribution < 1.29 is 115 Å². The van der Waals surface area contributed by atoms with E-state index in [2.05, 4.69) is 48.2 Å². The molecular formula is C98H144N12O24. The lowest BCUT2D eigenvalue weighted by Gasteiger charge is -2.43. The van der Waals surface area contributed by atoms with Gasteiger partial charge in [0.1, 0.15) is 53.9 Å². The van der Waals surface area contributed by atoms with E-state index >= 15 is 0 Å². The molecule has 2 saturated heterocycles. The number of methoxy groups -OCH3 is 3. The van der Waals surface area contributed by atoms with E-state index in [0.29, 0.717) is 251 Å². The number of cyclic esters (lactones) is 1. The number of rotatable bonds is 45. The molecule has 1 aromatic carbocycles. The molecule has 3 fully saturated rings. The first kappa shape index (κ1) is 107. The molecule has 5 aliphatic rings. The summed E-state index contributed by atoms with van der Waals surface area (Å²) in [6.07, 6.45) is 17.5. The Bertz CT molecular complexity index is 4670. The number of Topliss-reactive ketones (excluding diaryl/α,β-unsaturated/α-hetero) is 2. The zero-order valence-electron chi connectivity index (χ0n) is 80.0. The topological polar surface area (TPSA) is 444 Å². The van der Waals surface area contributed by atoms with Crippen LogP contribution in [0.25, 0.3) is 43.8 Å². The summed E-state index contributed by atoms with van der Waals surface area (Å²) in [5.74, 6) is -7.92. The van der Waals surface area contributed by atoms with Crippen LogP contribution in [0.2, 0.25) is 0 Å². The minimum Gasteiger partial charge on any atom is -0.461 e. The number of H-pyrrole nitrogens is 1. The standard InChI is InChI=1S/C98H144N12O24/c1-65-17-12-11-13-18-66(2)82(119-8)59-78-25-21-71(7)98(118,134-78)92(115)96(116)109-31-15-14-19-80(109)97(117)133-83(60-79(105-107-100)67(3)54-70(6)90(114)91(121-10)89(113)69(5)53-65)68(4)55-72-23-26-81(84(57-72)120-9)132-86(112)20-16-33-122-35-37-124-39-41-126-43-45-128-47-49-130-51-52-131-50-48-129-46-44-127-42-40-125-38-36-123-34-29-85(111)108-32-28-74-56-73(22-24-76(74)63-108)62-110-95-87(93(99)103-64-104-95)88(106-110)77-58-75-27-30-101-94(75)102-61-77/h11-13,17-18,22,24,27,30,54,56,58,61,64-65,67-69,71-72,78-84,90-91,114,118H,14-16,19-21,23,25-26,28-29,31-53,55,57,59-60,62-63H2,1-10H3,(H,101,102)(H2,99,103,104)/b13-11+,17-12+,66-18+,70-54+/t65-,67-,68-,69-,71-,72+,78+,79?,80+,81-,82+,83+,84-,90-,91+,98-/m1/s1. The Hall–Kier alpha value is -8.89. The Morgan fingerprint density at radius 2 is 1.36 bits per heavy atom. The van der Waals surface area contributed by atoms with Gasteiger partial charge in [-0.25, -0.2) is 24.4 Å². The molecule has 4 aliphatic heterocycles. The SMILES string of the molecule is CO[C@H]1C[C@@H]2CC[C@@H](C)[C@@](O)(O2)C(=O)C(=O)N2CCCC[C@H]2C(=O)O[C@H]([C@H](C)C[C@@H]2CC[C@@H](OC(=O)CCCOCCOCCOCCOCCOCCOCCOCCOCCOCCOCCC(=O)N3CCc4cc(Cn5nc(-c6cnc7[nH]ccc7c6)c6c(N)ncnc65)ccc4C3)[C@H](OC)C2)CC(N=[N+]=[N-])[C@H](C)/C=C(\C)[C@@H](O)[C@@H](OC)C(=O)[C@H](C)C[C@H](C)/C=C/C=C/C=C/1C. The zero-order chi connectivity index (χ0) is 95.7. The summed E-state index contributed by atoms with van der Waals surface area (Å²) in [5, 5.41) is 34.8. The van der Waals surface area contributed by atoms with Crippen LogP contribution < -0.4 is 5.73 Å². The summed E-state index contributed by atoms with van der Waals surface area (Å²) in [7, 11) is 4.53. The summed E-state index contributed by atoms with van der Waals surface area (Å²) in [6, 6.07) is 8.30. The number of azide groups is 1. The number of ketones is 2. The molecule has 740 valence electrons. The van der Waals surface area contributed by atoms with Crippen molar-refractivity contribution >= 4 is 63.2 Å². The number of benzene rings is 1. The molecule has 1 unspecified atom stereocenters. The number of ether oxygens (including phenoxy) is 16. The number of aromatic nitrogens is 6. The molecule has 36 heteroatoms. The lowest BCUT2D eigenvalue weighted by atomic mass is 9.78. The summed E-state index contributed by atoms with van der Waals surface area (Å²) in [6.45, 7) is 22.4. The number of fused-ring (bicyclic) bond motifs is 6. The first-order valence-corrected chi connectivity index (χ1v) is 47.7. The minimum absolute atomic E-state index is 0.00397. The molecule has 4 aromatic heterocycles. The highest BCUT2D eigenvalue weighted by atomic mass is 16.6. The first-order valence-electron chi connectivity index (χ1n) is 47.7. The van der Waals surface area contributed by atoms with Crippen LogP contribution in [-0.4, -0.2) is 312 Å². The Labute approximate surface area is 786 Å². The molecule has 1 aliphatic carbocycles. The van der Waals surface area contributed by atoms with Crippen molar-refractivity contribution in [3.8, 4) is 11.3 Å². The predicted molar refractivity (Wildman–Crippen MR) is 498 cm³/mol. The van der Waals surface area contributed by atoms with E-state index in [-0.39, 0.29) is 61.7 Å². The van der Waals surface area contributed by atoms with Gasteiger partial charge in [0.15, 0.2) is 11.4 Å². The number of esters is 2. The van der Waals surface area contributed by atoms with Crippen LogP contribution in [0.4, 0.5) is 5.82 Å². The zero-order valence-corrected chi connectivity index (χ0v) is 80.0. The minimum atomic E-state index is -2.48. The molecule has 8 heterocycles. The average Bonchev–Trinajstić information content (AvgIpc) is 1.25. The molecule has 0 spiro atoms. The van der Waals surface area contributed by atoms with E-state index in [1.165, 1.54) is 23.9 Å². The monoisotopic (exact) mass is 1870 g/mol. The van der Waals surface area contributed by atoms with Crippen molar-refractivity contribution in [1.29, 1.82) is 0 Å². The van der Waals surface area contributed by atoms with Crippen molar-refractivity contribution in [2.45, 2.75) is 225 Å². The summed E-state index contributed by atoms with van der Waals surface area (Å²) < 4.78 is 94.6. The Balaban J connectivity index is 0.532. The average molecular weight is 1870 g/mol.